The number of fused-ring (bicyclic) bond motifs is 1. The zero-order chi connectivity index (χ0) is 26.0. The van der Waals surface area contributed by atoms with Gasteiger partial charge in [0.2, 0.25) is 5.91 Å². The van der Waals surface area contributed by atoms with Crippen molar-refractivity contribution in [3.05, 3.63) is 71.7 Å². The van der Waals surface area contributed by atoms with Crippen LogP contribution in [0.4, 0.5) is 10.1 Å². The average molecular weight is 500 g/mol. The zero-order valence-corrected chi connectivity index (χ0v) is 20.9. The van der Waals surface area contributed by atoms with Crippen molar-refractivity contribution in [1.29, 1.82) is 5.26 Å². The van der Waals surface area contributed by atoms with Crippen LogP contribution in [0.5, 0.6) is 0 Å². The summed E-state index contributed by atoms with van der Waals surface area (Å²) in [5.41, 5.74) is 2.12. The van der Waals surface area contributed by atoms with Gasteiger partial charge in [-0.3, -0.25) is 14.6 Å². The number of nitriles is 1. The lowest BCUT2D eigenvalue weighted by molar-refractivity contribution is -0.125. The van der Waals surface area contributed by atoms with Crippen molar-refractivity contribution < 1.29 is 14.0 Å². The summed E-state index contributed by atoms with van der Waals surface area (Å²) in [6, 6.07) is 16.8. The van der Waals surface area contributed by atoms with E-state index in [0.29, 0.717) is 74.0 Å². The Morgan fingerprint density at radius 1 is 1.08 bits per heavy atom. The third kappa shape index (κ3) is 4.62. The van der Waals surface area contributed by atoms with Crippen molar-refractivity contribution in [1.82, 2.24) is 15.2 Å². The molecule has 190 valence electrons. The van der Waals surface area contributed by atoms with Gasteiger partial charge in [0.15, 0.2) is 0 Å². The first kappa shape index (κ1) is 24.7. The van der Waals surface area contributed by atoms with Crippen molar-refractivity contribution in [3.63, 3.8) is 0 Å². The molecule has 2 aliphatic heterocycles. The molecule has 0 atom stereocenters. The number of anilines is 1. The van der Waals surface area contributed by atoms with Crippen LogP contribution >= 0.6 is 0 Å². The number of carbonyl (C=O) groups excluding carboxylic acids is 2. The predicted octanol–water partition coefficient (Wildman–Crippen LogP) is 4.03. The molecule has 0 spiro atoms. The monoisotopic (exact) mass is 499 g/mol. The predicted molar refractivity (Wildman–Crippen MR) is 140 cm³/mol. The van der Waals surface area contributed by atoms with Crippen molar-refractivity contribution in [3.8, 4) is 6.07 Å². The standard InChI is InChI=1S/C29H30FN5O2/c1-32-27(36)20-9-13-35(14-10-20)28(37)24-18-33-25-8-7-22(30)17-23(25)26(24)34-15-11-29(19-31,12-16-34)21-5-3-2-4-6-21/h2-8,17-18,20H,9-16H2,1H3,(H,32,36). The summed E-state index contributed by atoms with van der Waals surface area (Å²) in [7, 11) is 1.63. The van der Waals surface area contributed by atoms with E-state index in [-0.39, 0.29) is 23.5 Å². The Morgan fingerprint density at radius 3 is 2.43 bits per heavy atom. The number of benzene rings is 2. The summed E-state index contributed by atoms with van der Waals surface area (Å²) in [6.45, 7) is 2.06. The number of nitrogens with one attached hydrogen (secondary N) is 1. The first-order valence-corrected chi connectivity index (χ1v) is 12.8. The fourth-order valence-corrected chi connectivity index (χ4v) is 5.70. The molecule has 1 aromatic heterocycles. The van der Waals surface area contributed by atoms with Crippen LogP contribution < -0.4 is 10.2 Å². The molecule has 1 N–H and O–H groups in total. The molecule has 0 radical (unpaired) electrons. The Morgan fingerprint density at radius 2 is 1.78 bits per heavy atom. The summed E-state index contributed by atoms with van der Waals surface area (Å²) < 4.78 is 14.4. The molecule has 37 heavy (non-hydrogen) atoms. The molecule has 8 heteroatoms. The number of halogens is 1. The van der Waals surface area contributed by atoms with Gasteiger partial charge < -0.3 is 15.1 Å². The summed E-state index contributed by atoms with van der Waals surface area (Å²) in [5, 5.41) is 13.4. The van der Waals surface area contributed by atoms with E-state index in [1.54, 1.807) is 24.2 Å². The molecular weight excluding hydrogens is 469 g/mol. The summed E-state index contributed by atoms with van der Waals surface area (Å²) in [4.78, 5) is 34.1. The molecule has 3 heterocycles. The molecule has 0 saturated carbocycles. The number of carbonyl (C=O) groups is 2. The number of rotatable bonds is 4. The van der Waals surface area contributed by atoms with E-state index in [1.165, 1.54) is 12.1 Å². The number of pyridine rings is 1. The Balaban J connectivity index is 1.47. The third-order valence-corrected chi connectivity index (χ3v) is 7.90. The van der Waals surface area contributed by atoms with Crippen LogP contribution in [0.2, 0.25) is 0 Å². The van der Waals surface area contributed by atoms with Crippen LogP contribution in [0.1, 0.15) is 41.6 Å². The van der Waals surface area contributed by atoms with Crippen molar-refractivity contribution in [2.75, 3.05) is 38.1 Å². The smallest absolute Gasteiger partial charge is 0.257 e. The Bertz CT molecular complexity index is 1350. The lowest BCUT2D eigenvalue weighted by atomic mass is 9.74. The van der Waals surface area contributed by atoms with Crippen LogP contribution in [0.25, 0.3) is 10.9 Å². The van der Waals surface area contributed by atoms with Gasteiger partial charge in [0.25, 0.3) is 5.91 Å². The minimum atomic E-state index is -0.599. The molecular formula is C29H30FN5O2. The molecule has 2 saturated heterocycles. The maximum atomic E-state index is 14.4. The largest absolute Gasteiger partial charge is 0.370 e. The van der Waals surface area contributed by atoms with Crippen LogP contribution in [0.3, 0.4) is 0 Å². The lowest BCUT2D eigenvalue weighted by Crippen LogP contribution is -2.44. The van der Waals surface area contributed by atoms with Crippen molar-refractivity contribution in [2.24, 2.45) is 5.92 Å². The fourth-order valence-electron chi connectivity index (χ4n) is 5.70. The second kappa shape index (κ2) is 10.2. The Hall–Kier alpha value is -3.99. The van der Waals surface area contributed by atoms with Gasteiger partial charge in [0, 0.05) is 50.7 Å². The van der Waals surface area contributed by atoms with Crippen LogP contribution in [0, 0.1) is 23.1 Å². The number of amides is 2. The number of nitrogens with zero attached hydrogens (tertiary/aromatic N) is 4. The van der Waals surface area contributed by atoms with Gasteiger partial charge in [0.05, 0.1) is 28.3 Å². The molecule has 5 rings (SSSR count). The zero-order valence-electron chi connectivity index (χ0n) is 20.9. The number of hydrogen-bond acceptors (Lipinski definition) is 5. The van der Waals surface area contributed by atoms with E-state index in [9.17, 15) is 19.2 Å². The molecule has 2 amide bonds. The van der Waals surface area contributed by atoms with Crippen LogP contribution in [0.15, 0.2) is 54.7 Å². The second-order valence-electron chi connectivity index (χ2n) is 9.91. The highest BCUT2D eigenvalue weighted by atomic mass is 19.1. The van der Waals surface area contributed by atoms with Crippen molar-refractivity contribution >= 4 is 28.4 Å². The lowest BCUT2D eigenvalue weighted by Gasteiger charge is -2.40. The quantitative estimate of drug-likeness (QED) is 0.585. The minimum absolute atomic E-state index is 0.00310. The summed E-state index contributed by atoms with van der Waals surface area (Å²) in [5.74, 6) is -0.650. The van der Waals surface area contributed by atoms with E-state index in [1.807, 2.05) is 30.3 Å². The third-order valence-electron chi connectivity index (χ3n) is 7.90. The van der Waals surface area contributed by atoms with Crippen LogP contribution in [-0.4, -0.2) is 54.9 Å². The van der Waals surface area contributed by atoms with Gasteiger partial charge in [-0.15, -0.1) is 0 Å². The van der Waals surface area contributed by atoms with E-state index in [0.717, 1.165) is 5.56 Å². The second-order valence-corrected chi connectivity index (χ2v) is 9.91. The number of hydrogen-bond donors (Lipinski definition) is 1. The summed E-state index contributed by atoms with van der Waals surface area (Å²) in [6.07, 6.45) is 3.98. The molecule has 0 aliphatic carbocycles. The summed E-state index contributed by atoms with van der Waals surface area (Å²) >= 11 is 0. The molecule has 0 unspecified atom stereocenters. The van der Waals surface area contributed by atoms with Gasteiger partial charge in [0.1, 0.15) is 5.82 Å². The Labute approximate surface area is 215 Å². The molecule has 2 fully saturated rings. The molecule has 2 aromatic carbocycles. The molecule has 3 aromatic rings. The van der Waals surface area contributed by atoms with Crippen molar-refractivity contribution in [2.45, 2.75) is 31.1 Å². The average Bonchev–Trinajstić information content (AvgIpc) is 2.96. The van der Waals surface area contributed by atoms with E-state index in [2.05, 4.69) is 21.3 Å². The highest BCUT2D eigenvalue weighted by molar-refractivity contribution is 6.07. The molecule has 0 bridgehead atoms. The van der Waals surface area contributed by atoms with Gasteiger partial charge in [-0.2, -0.15) is 5.26 Å². The van der Waals surface area contributed by atoms with Gasteiger partial charge in [-0.1, -0.05) is 30.3 Å². The fraction of sp³-hybridized carbons (Fsp3) is 0.379. The maximum Gasteiger partial charge on any atom is 0.257 e. The van der Waals surface area contributed by atoms with Crippen LogP contribution in [-0.2, 0) is 10.2 Å². The number of piperidine rings is 2. The minimum Gasteiger partial charge on any atom is -0.370 e. The first-order valence-electron chi connectivity index (χ1n) is 12.8. The van der Waals surface area contributed by atoms with E-state index in [4.69, 9.17) is 0 Å². The number of likely N-dealkylation sites (tertiary alicyclic amines) is 1. The highest BCUT2D eigenvalue weighted by Gasteiger charge is 2.38. The van der Waals surface area contributed by atoms with E-state index < -0.39 is 5.41 Å². The van der Waals surface area contributed by atoms with Gasteiger partial charge in [-0.05, 0) is 49.4 Å². The molecule has 7 nitrogen and oxygen atoms in total. The number of aromatic nitrogens is 1. The van der Waals surface area contributed by atoms with Gasteiger partial charge >= 0.3 is 0 Å². The topological polar surface area (TPSA) is 89.3 Å². The van der Waals surface area contributed by atoms with Gasteiger partial charge in [-0.25, -0.2) is 4.39 Å². The highest BCUT2D eigenvalue weighted by Crippen LogP contribution is 2.39. The maximum absolute atomic E-state index is 14.4. The SMILES string of the molecule is CNC(=O)C1CCN(C(=O)c2cnc3ccc(F)cc3c2N2CCC(C#N)(c3ccccc3)CC2)CC1. The Kier molecular flexibility index (Phi) is 6.79. The van der Waals surface area contributed by atoms with E-state index >= 15 is 0 Å². The first-order chi connectivity index (χ1) is 18.0. The molecule has 2 aliphatic rings. The normalized spacial score (nSPS) is 17.9.